The van der Waals surface area contributed by atoms with Crippen LogP contribution >= 0.6 is 0 Å². The summed E-state index contributed by atoms with van der Waals surface area (Å²) in [5.74, 6) is 8.06. The fourth-order valence-corrected chi connectivity index (χ4v) is 2.98. The quantitative estimate of drug-likeness (QED) is 0.632. The first kappa shape index (κ1) is 17.4. The fourth-order valence-electron chi connectivity index (χ4n) is 2.98. The molecule has 1 aromatic heterocycles. The van der Waals surface area contributed by atoms with Crippen LogP contribution in [0.15, 0.2) is 54.7 Å². The van der Waals surface area contributed by atoms with Gasteiger partial charge in [-0.25, -0.2) is 4.68 Å². The molecule has 1 atom stereocenters. The number of nitrogens with zero attached hydrogens (tertiary/aromatic N) is 3. The van der Waals surface area contributed by atoms with Crippen LogP contribution in [0, 0.1) is 24.7 Å². The molecule has 1 aliphatic carbocycles. The van der Waals surface area contributed by atoms with Crippen molar-refractivity contribution in [3.05, 3.63) is 65.9 Å². The topological polar surface area (TPSA) is 39.9 Å². The summed E-state index contributed by atoms with van der Waals surface area (Å²) in [6.45, 7) is 4.77. The third-order valence-electron chi connectivity index (χ3n) is 4.56. The van der Waals surface area contributed by atoms with Crippen molar-refractivity contribution in [3.63, 3.8) is 0 Å². The van der Waals surface area contributed by atoms with Gasteiger partial charge in [-0.3, -0.25) is 0 Å². The van der Waals surface area contributed by atoms with E-state index in [9.17, 15) is 0 Å². The minimum absolute atomic E-state index is 0.00289. The lowest BCUT2D eigenvalue weighted by atomic mass is 10.0. The smallest absolute Gasteiger partial charge is 0.119 e. The third kappa shape index (κ3) is 4.57. The predicted molar refractivity (Wildman–Crippen MR) is 106 cm³/mol. The van der Waals surface area contributed by atoms with Crippen LogP contribution in [0.4, 0.5) is 0 Å². The van der Waals surface area contributed by atoms with E-state index in [1.165, 1.54) is 18.4 Å². The summed E-state index contributed by atoms with van der Waals surface area (Å²) < 4.78 is 7.76. The molecule has 0 amide bonds. The second kappa shape index (κ2) is 7.67. The molecule has 4 heteroatoms. The molecular formula is C23H23N3O. The van der Waals surface area contributed by atoms with Gasteiger partial charge < -0.3 is 4.74 Å². The lowest BCUT2D eigenvalue weighted by molar-refractivity contribution is 0.193. The molecule has 1 aliphatic rings. The van der Waals surface area contributed by atoms with E-state index in [4.69, 9.17) is 4.74 Å². The van der Waals surface area contributed by atoms with E-state index in [1.807, 2.05) is 48.1 Å². The maximum Gasteiger partial charge on any atom is 0.119 e. The van der Waals surface area contributed by atoms with Crippen molar-refractivity contribution in [3.8, 4) is 28.8 Å². The van der Waals surface area contributed by atoms with Crippen LogP contribution in [0.25, 0.3) is 11.3 Å². The van der Waals surface area contributed by atoms with Gasteiger partial charge in [-0.1, -0.05) is 41.3 Å². The van der Waals surface area contributed by atoms with Crippen molar-refractivity contribution >= 4 is 0 Å². The Morgan fingerprint density at radius 1 is 1.19 bits per heavy atom. The first-order valence-electron chi connectivity index (χ1n) is 9.42. The zero-order valence-corrected chi connectivity index (χ0v) is 15.7. The number of hydrogen-bond donors (Lipinski definition) is 0. The van der Waals surface area contributed by atoms with Crippen LogP contribution < -0.4 is 4.74 Å². The fraction of sp³-hybridized carbons (Fsp3) is 0.304. The molecule has 4 rings (SSSR count). The third-order valence-corrected chi connectivity index (χ3v) is 4.56. The number of ether oxygens (including phenoxy) is 1. The molecule has 4 nitrogen and oxygen atoms in total. The van der Waals surface area contributed by atoms with Crippen molar-refractivity contribution < 1.29 is 4.74 Å². The number of para-hydroxylation sites is 1. The molecule has 0 unspecified atom stereocenters. The maximum absolute atomic E-state index is 5.92. The standard InChI is InChI=1S/C23H23N3O/c1-17-14-20(11-10-19-8-9-19)12-13-22(17)23-16-26(25-24-23)15-18(2)27-21-6-4-3-5-7-21/h3-7,12-14,16,18-19H,8-9,15H2,1-2H3/t18-/m0/s1. The van der Waals surface area contributed by atoms with E-state index in [-0.39, 0.29) is 6.10 Å². The van der Waals surface area contributed by atoms with Crippen LogP contribution in [-0.2, 0) is 6.54 Å². The van der Waals surface area contributed by atoms with E-state index in [0.29, 0.717) is 12.5 Å². The van der Waals surface area contributed by atoms with Crippen LogP contribution in [0.3, 0.4) is 0 Å². The Labute approximate surface area is 160 Å². The highest BCUT2D eigenvalue weighted by Crippen LogP contribution is 2.28. The molecule has 136 valence electrons. The van der Waals surface area contributed by atoms with Gasteiger partial charge in [0.15, 0.2) is 0 Å². The Morgan fingerprint density at radius 3 is 2.74 bits per heavy atom. The second-order valence-corrected chi connectivity index (χ2v) is 7.14. The zero-order chi connectivity index (χ0) is 18.6. The molecule has 27 heavy (non-hydrogen) atoms. The predicted octanol–water partition coefficient (Wildman–Crippen LogP) is 4.48. The lowest BCUT2D eigenvalue weighted by Gasteiger charge is -2.14. The summed E-state index contributed by atoms with van der Waals surface area (Å²) in [6.07, 6.45) is 4.48. The average Bonchev–Trinajstić information content (AvgIpc) is 3.39. The zero-order valence-electron chi connectivity index (χ0n) is 15.7. The number of rotatable bonds is 5. The summed E-state index contributed by atoms with van der Waals surface area (Å²) in [7, 11) is 0. The van der Waals surface area contributed by atoms with Crippen molar-refractivity contribution in [1.82, 2.24) is 15.0 Å². The van der Waals surface area contributed by atoms with Gasteiger partial charge >= 0.3 is 0 Å². The maximum atomic E-state index is 5.92. The van der Waals surface area contributed by atoms with Gasteiger partial charge in [0.05, 0.1) is 12.7 Å². The Bertz CT molecular complexity index is 978. The highest BCUT2D eigenvalue weighted by molar-refractivity contribution is 5.64. The van der Waals surface area contributed by atoms with E-state index < -0.39 is 0 Å². The normalized spacial score (nSPS) is 14.3. The monoisotopic (exact) mass is 357 g/mol. The number of aryl methyl sites for hydroxylation is 1. The molecule has 0 bridgehead atoms. The van der Waals surface area contributed by atoms with Gasteiger partial charge in [-0.15, -0.1) is 5.10 Å². The molecule has 3 aromatic rings. The van der Waals surface area contributed by atoms with Crippen LogP contribution in [0.2, 0.25) is 0 Å². The average molecular weight is 357 g/mol. The minimum Gasteiger partial charge on any atom is -0.489 e. The van der Waals surface area contributed by atoms with Crippen molar-refractivity contribution in [1.29, 1.82) is 0 Å². The largest absolute Gasteiger partial charge is 0.489 e. The molecule has 0 saturated heterocycles. The summed E-state index contributed by atoms with van der Waals surface area (Å²) in [6, 6.07) is 16.1. The Morgan fingerprint density at radius 2 is 2.00 bits per heavy atom. The van der Waals surface area contributed by atoms with Gasteiger partial charge in [-0.05, 0) is 56.5 Å². The van der Waals surface area contributed by atoms with Crippen molar-refractivity contribution in [2.45, 2.75) is 39.3 Å². The highest BCUT2D eigenvalue weighted by Gasteiger charge is 2.17. The van der Waals surface area contributed by atoms with E-state index in [0.717, 1.165) is 22.6 Å². The van der Waals surface area contributed by atoms with Gasteiger partial charge in [-0.2, -0.15) is 0 Å². The summed E-state index contributed by atoms with van der Waals surface area (Å²) in [5, 5.41) is 8.61. The van der Waals surface area contributed by atoms with E-state index >= 15 is 0 Å². The Hall–Kier alpha value is -3.06. The molecule has 0 radical (unpaired) electrons. The van der Waals surface area contributed by atoms with Gasteiger partial charge in [0.1, 0.15) is 17.5 Å². The van der Waals surface area contributed by atoms with Crippen LogP contribution in [0.1, 0.15) is 30.9 Å². The molecule has 2 aromatic carbocycles. The van der Waals surface area contributed by atoms with Crippen molar-refractivity contribution in [2.75, 3.05) is 0 Å². The first-order chi connectivity index (χ1) is 13.2. The molecule has 0 N–H and O–H groups in total. The van der Waals surface area contributed by atoms with Gasteiger partial charge in [0.2, 0.25) is 0 Å². The Kier molecular flexibility index (Phi) is 4.93. The Balaban J connectivity index is 1.43. The molecule has 1 saturated carbocycles. The molecule has 0 spiro atoms. The number of hydrogen-bond acceptors (Lipinski definition) is 3. The SMILES string of the molecule is Cc1cc(C#CC2CC2)ccc1-c1cn(C[C@H](C)Oc2ccccc2)nn1. The van der Waals surface area contributed by atoms with Crippen LogP contribution in [-0.4, -0.2) is 21.1 Å². The minimum atomic E-state index is 0.00289. The van der Waals surface area contributed by atoms with E-state index in [2.05, 4.69) is 47.3 Å². The van der Waals surface area contributed by atoms with Crippen molar-refractivity contribution in [2.24, 2.45) is 5.92 Å². The van der Waals surface area contributed by atoms with Gasteiger partial charge in [0, 0.05) is 17.0 Å². The molecule has 1 heterocycles. The summed E-state index contributed by atoms with van der Waals surface area (Å²) in [5.41, 5.74) is 4.20. The second-order valence-electron chi connectivity index (χ2n) is 7.14. The molecule has 0 aliphatic heterocycles. The van der Waals surface area contributed by atoms with Crippen LogP contribution in [0.5, 0.6) is 5.75 Å². The lowest BCUT2D eigenvalue weighted by Crippen LogP contribution is -2.19. The first-order valence-corrected chi connectivity index (χ1v) is 9.42. The number of benzene rings is 2. The summed E-state index contributed by atoms with van der Waals surface area (Å²) in [4.78, 5) is 0. The molecular weight excluding hydrogens is 334 g/mol. The van der Waals surface area contributed by atoms with Gasteiger partial charge in [0.25, 0.3) is 0 Å². The number of aromatic nitrogens is 3. The highest BCUT2D eigenvalue weighted by atomic mass is 16.5. The molecule has 1 fully saturated rings. The van der Waals surface area contributed by atoms with E-state index in [1.54, 1.807) is 0 Å². The summed E-state index contributed by atoms with van der Waals surface area (Å²) >= 11 is 0.